The smallest absolute Gasteiger partial charge is 0.255 e. The molecule has 1 fully saturated rings. The maximum absolute atomic E-state index is 12.7. The van der Waals surface area contributed by atoms with Gasteiger partial charge in [0.05, 0.1) is 22.1 Å². The Morgan fingerprint density at radius 1 is 1.04 bits per heavy atom. The van der Waals surface area contributed by atoms with Gasteiger partial charge >= 0.3 is 0 Å². The van der Waals surface area contributed by atoms with Gasteiger partial charge in [-0.1, -0.05) is 59.6 Å². The zero-order valence-corrected chi connectivity index (χ0v) is 14.4. The molecule has 5 heteroatoms. The summed E-state index contributed by atoms with van der Waals surface area (Å²) < 4.78 is 0. The van der Waals surface area contributed by atoms with Crippen LogP contribution in [0.5, 0.6) is 0 Å². The van der Waals surface area contributed by atoms with Crippen LogP contribution in [0.1, 0.15) is 31.0 Å². The SMILES string of the molecule is CC1(C)CON(C(c2ccccc2)c2ccc(Cl)c(Cl)c2)C1=O. The Hall–Kier alpha value is -1.55. The summed E-state index contributed by atoms with van der Waals surface area (Å²) in [7, 11) is 0. The molecule has 0 saturated carbocycles. The molecule has 0 aromatic heterocycles. The van der Waals surface area contributed by atoms with Crippen molar-refractivity contribution in [2.75, 3.05) is 6.61 Å². The van der Waals surface area contributed by atoms with Crippen molar-refractivity contribution in [2.45, 2.75) is 19.9 Å². The summed E-state index contributed by atoms with van der Waals surface area (Å²) in [6.07, 6.45) is 0. The van der Waals surface area contributed by atoms with Crippen LogP contribution >= 0.6 is 23.2 Å². The molecule has 1 amide bonds. The van der Waals surface area contributed by atoms with E-state index in [1.54, 1.807) is 12.1 Å². The quantitative estimate of drug-likeness (QED) is 0.789. The monoisotopic (exact) mass is 349 g/mol. The summed E-state index contributed by atoms with van der Waals surface area (Å²) in [5.41, 5.74) is 1.28. The fraction of sp³-hybridized carbons (Fsp3) is 0.278. The van der Waals surface area contributed by atoms with Crippen molar-refractivity contribution in [3.05, 3.63) is 69.7 Å². The van der Waals surface area contributed by atoms with Gasteiger partial charge in [0.2, 0.25) is 0 Å². The van der Waals surface area contributed by atoms with Crippen LogP contribution in [0, 0.1) is 5.41 Å². The number of amides is 1. The van der Waals surface area contributed by atoms with Crippen LogP contribution in [-0.2, 0) is 9.63 Å². The number of hydroxylamine groups is 2. The highest BCUT2D eigenvalue weighted by Gasteiger charge is 2.44. The summed E-state index contributed by atoms with van der Waals surface area (Å²) in [6, 6.07) is 14.8. The number of carbonyl (C=O) groups excluding carboxylic acids is 1. The summed E-state index contributed by atoms with van der Waals surface area (Å²) >= 11 is 12.2. The highest BCUT2D eigenvalue weighted by molar-refractivity contribution is 6.42. The molecule has 1 atom stereocenters. The lowest BCUT2D eigenvalue weighted by atomic mass is 9.92. The van der Waals surface area contributed by atoms with E-state index in [4.69, 9.17) is 28.0 Å². The van der Waals surface area contributed by atoms with Gasteiger partial charge in [0.25, 0.3) is 5.91 Å². The molecule has 0 spiro atoms. The molecule has 0 bridgehead atoms. The zero-order valence-electron chi connectivity index (χ0n) is 12.9. The minimum absolute atomic E-state index is 0.0441. The molecule has 0 radical (unpaired) electrons. The number of hydrogen-bond acceptors (Lipinski definition) is 2. The molecule has 120 valence electrons. The van der Waals surface area contributed by atoms with E-state index >= 15 is 0 Å². The van der Waals surface area contributed by atoms with E-state index in [-0.39, 0.29) is 11.9 Å². The number of halogens is 2. The second kappa shape index (κ2) is 6.16. The summed E-state index contributed by atoms with van der Waals surface area (Å²) in [4.78, 5) is 18.4. The van der Waals surface area contributed by atoms with Crippen LogP contribution in [0.15, 0.2) is 48.5 Å². The Balaban J connectivity index is 2.08. The summed E-state index contributed by atoms with van der Waals surface area (Å²) in [5, 5.41) is 2.39. The molecule has 1 unspecified atom stereocenters. The van der Waals surface area contributed by atoms with E-state index in [0.29, 0.717) is 16.7 Å². The van der Waals surface area contributed by atoms with Crippen LogP contribution in [-0.4, -0.2) is 17.6 Å². The molecule has 1 saturated heterocycles. The van der Waals surface area contributed by atoms with Crippen molar-refractivity contribution in [1.82, 2.24) is 5.06 Å². The third-order valence-electron chi connectivity index (χ3n) is 3.95. The third kappa shape index (κ3) is 3.09. The highest BCUT2D eigenvalue weighted by atomic mass is 35.5. The van der Waals surface area contributed by atoms with Crippen LogP contribution < -0.4 is 0 Å². The molecule has 1 heterocycles. The fourth-order valence-electron chi connectivity index (χ4n) is 2.62. The Labute approximate surface area is 145 Å². The number of benzene rings is 2. The Bertz CT molecular complexity index is 731. The van der Waals surface area contributed by atoms with Gasteiger partial charge in [-0.05, 0) is 37.1 Å². The minimum atomic E-state index is -0.538. The molecule has 3 nitrogen and oxygen atoms in total. The van der Waals surface area contributed by atoms with Gasteiger partial charge in [-0.3, -0.25) is 9.63 Å². The molecule has 0 N–H and O–H groups in total. The number of nitrogens with zero attached hydrogens (tertiary/aromatic N) is 1. The molecule has 3 rings (SSSR count). The number of hydrogen-bond donors (Lipinski definition) is 0. The number of rotatable bonds is 3. The van der Waals surface area contributed by atoms with Gasteiger partial charge in [0, 0.05) is 0 Å². The topological polar surface area (TPSA) is 29.5 Å². The second-order valence-electron chi connectivity index (χ2n) is 6.28. The van der Waals surface area contributed by atoms with Crippen molar-refractivity contribution in [3.63, 3.8) is 0 Å². The molecular formula is C18H17Cl2NO2. The molecule has 1 aliphatic heterocycles. The standard InChI is InChI=1S/C18H17Cl2NO2/c1-18(2)11-23-21(17(18)22)16(12-6-4-3-5-7-12)13-8-9-14(19)15(20)10-13/h3-10,16H,11H2,1-2H3. The van der Waals surface area contributed by atoms with Crippen molar-refractivity contribution in [1.29, 1.82) is 0 Å². The summed E-state index contributed by atoms with van der Waals surface area (Å²) in [5.74, 6) is -0.0441. The van der Waals surface area contributed by atoms with Crippen molar-refractivity contribution in [3.8, 4) is 0 Å². The van der Waals surface area contributed by atoms with Crippen molar-refractivity contribution < 1.29 is 9.63 Å². The van der Waals surface area contributed by atoms with E-state index in [9.17, 15) is 4.79 Å². The second-order valence-corrected chi connectivity index (χ2v) is 7.09. The highest BCUT2D eigenvalue weighted by Crippen LogP contribution is 2.38. The number of carbonyl (C=O) groups is 1. The molecule has 1 aliphatic rings. The lowest BCUT2D eigenvalue weighted by molar-refractivity contribution is -0.171. The average Bonchev–Trinajstić information content (AvgIpc) is 2.79. The predicted octanol–water partition coefficient (Wildman–Crippen LogP) is 4.88. The predicted molar refractivity (Wildman–Crippen MR) is 91.3 cm³/mol. The fourth-order valence-corrected chi connectivity index (χ4v) is 2.93. The van der Waals surface area contributed by atoms with Gasteiger partial charge in [-0.25, -0.2) is 5.06 Å². The Morgan fingerprint density at radius 2 is 1.74 bits per heavy atom. The first-order valence-corrected chi connectivity index (χ1v) is 8.12. The van der Waals surface area contributed by atoms with Crippen LogP contribution in [0.2, 0.25) is 10.0 Å². The van der Waals surface area contributed by atoms with Gasteiger partial charge < -0.3 is 0 Å². The van der Waals surface area contributed by atoms with Gasteiger partial charge in [-0.15, -0.1) is 0 Å². The Morgan fingerprint density at radius 3 is 2.30 bits per heavy atom. The summed E-state index contributed by atoms with van der Waals surface area (Å²) in [6.45, 7) is 4.12. The first kappa shape index (κ1) is 16.3. The van der Waals surface area contributed by atoms with E-state index in [1.807, 2.05) is 50.2 Å². The molecular weight excluding hydrogens is 333 g/mol. The van der Waals surface area contributed by atoms with E-state index < -0.39 is 5.41 Å². The van der Waals surface area contributed by atoms with E-state index in [1.165, 1.54) is 5.06 Å². The normalized spacial score (nSPS) is 18.3. The van der Waals surface area contributed by atoms with Crippen LogP contribution in [0.25, 0.3) is 0 Å². The lowest BCUT2D eigenvalue weighted by Crippen LogP contribution is -2.34. The largest absolute Gasteiger partial charge is 0.272 e. The average molecular weight is 350 g/mol. The molecule has 0 aliphatic carbocycles. The van der Waals surface area contributed by atoms with Gasteiger partial charge in [0.1, 0.15) is 6.04 Å². The Kier molecular flexibility index (Phi) is 4.37. The minimum Gasteiger partial charge on any atom is -0.272 e. The third-order valence-corrected chi connectivity index (χ3v) is 4.69. The zero-order chi connectivity index (χ0) is 16.6. The maximum Gasteiger partial charge on any atom is 0.255 e. The maximum atomic E-state index is 12.7. The van der Waals surface area contributed by atoms with E-state index in [2.05, 4.69) is 0 Å². The van der Waals surface area contributed by atoms with Crippen LogP contribution in [0.4, 0.5) is 0 Å². The molecule has 2 aromatic rings. The van der Waals surface area contributed by atoms with E-state index in [0.717, 1.165) is 11.1 Å². The van der Waals surface area contributed by atoms with Gasteiger partial charge in [-0.2, -0.15) is 0 Å². The van der Waals surface area contributed by atoms with Crippen molar-refractivity contribution >= 4 is 29.1 Å². The van der Waals surface area contributed by atoms with Crippen LogP contribution in [0.3, 0.4) is 0 Å². The molecule has 23 heavy (non-hydrogen) atoms. The first-order chi connectivity index (χ1) is 10.9. The first-order valence-electron chi connectivity index (χ1n) is 7.36. The molecule has 2 aromatic carbocycles. The van der Waals surface area contributed by atoms with Gasteiger partial charge in [0.15, 0.2) is 0 Å². The van der Waals surface area contributed by atoms with Crippen molar-refractivity contribution in [2.24, 2.45) is 5.41 Å². The lowest BCUT2D eigenvalue weighted by Gasteiger charge is -2.28.